The van der Waals surface area contributed by atoms with Gasteiger partial charge in [0.15, 0.2) is 5.65 Å². The van der Waals surface area contributed by atoms with E-state index >= 15 is 0 Å². The van der Waals surface area contributed by atoms with E-state index in [0.29, 0.717) is 0 Å². The summed E-state index contributed by atoms with van der Waals surface area (Å²) in [6.07, 6.45) is 4.12. The summed E-state index contributed by atoms with van der Waals surface area (Å²) in [4.78, 5) is 0. The molecule has 0 aromatic carbocycles. The Kier molecular flexibility index (Phi) is 2.45. The van der Waals surface area contributed by atoms with E-state index in [9.17, 15) is 0 Å². The van der Waals surface area contributed by atoms with Crippen molar-refractivity contribution in [3.63, 3.8) is 0 Å². The van der Waals surface area contributed by atoms with E-state index in [0.717, 1.165) is 30.9 Å². The van der Waals surface area contributed by atoms with Gasteiger partial charge in [-0.05, 0) is 37.9 Å². The van der Waals surface area contributed by atoms with Gasteiger partial charge in [0.1, 0.15) is 5.82 Å². The van der Waals surface area contributed by atoms with E-state index in [4.69, 9.17) is 5.73 Å². The van der Waals surface area contributed by atoms with Gasteiger partial charge in [-0.15, -0.1) is 10.2 Å². The highest BCUT2D eigenvalue weighted by Crippen LogP contribution is 2.07. The molecule has 0 saturated heterocycles. The minimum atomic E-state index is 0.735. The van der Waals surface area contributed by atoms with Crippen LogP contribution in [0.2, 0.25) is 0 Å². The van der Waals surface area contributed by atoms with Crippen molar-refractivity contribution in [2.75, 3.05) is 6.54 Å². The van der Waals surface area contributed by atoms with E-state index in [-0.39, 0.29) is 0 Å². The van der Waals surface area contributed by atoms with E-state index in [2.05, 4.69) is 22.5 Å². The summed E-state index contributed by atoms with van der Waals surface area (Å²) in [6, 6.07) is 4.07. The minimum Gasteiger partial charge on any atom is -0.330 e. The van der Waals surface area contributed by atoms with E-state index in [1.807, 2.05) is 17.4 Å². The highest BCUT2D eigenvalue weighted by Gasteiger charge is 2.00. The molecule has 0 aliphatic carbocycles. The van der Waals surface area contributed by atoms with Crippen molar-refractivity contribution >= 4 is 5.65 Å². The number of hydrogen-bond donors (Lipinski definition) is 1. The van der Waals surface area contributed by atoms with Crippen LogP contribution < -0.4 is 5.73 Å². The lowest BCUT2D eigenvalue weighted by Gasteiger charge is -2.01. The van der Waals surface area contributed by atoms with Crippen molar-refractivity contribution < 1.29 is 0 Å². The molecule has 74 valence electrons. The fourth-order valence-corrected chi connectivity index (χ4v) is 1.50. The van der Waals surface area contributed by atoms with Gasteiger partial charge in [0.2, 0.25) is 0 Å². The van der Waals surface area contributed by atoms with Crippen molar-refractivity contribution in [2.45, 2.75) is 19.8 Å². The molecule has 0 spiro atoms. The van der Waals surface area contributed by atoms with Gasteiger partial charge in [-0.1, -0.05) is 6.07 Å². The Labute approximate surface area is 82.8 Å². The maximum absolute atomic E-state index is 5.47. The zero-order valence-corrected chi connectivity index (χ0v) is 8.27. The Hall–Kier alpha value is -1.42. The Bertz CT molecular complexity index is 433. The maximum atomic E-state index is 5.47. The van der Waals surface area contributed by atoms with Crippen molar-refractivity contribution in [3.05, 3.63) is 29.7 Å². The highest BCUT2D eigenvalue weighted by molar-refractivity contribution is 5.39. The minimum absolute atomic E-state index is 0.735. The van der Waals surface area contributed by atoms with E-state index in [1.54, 1.807) is 0 Å². The van der Waals surface area contributed by atoms with Crippen LogP contribution in [0.25, 0.3) is 5.65 Å². The summed E-state index contributed by atoms with van der Waals surface area (Å²) in [5, 5.41) is 8.03. The lowest BCUT2D eigenvalue weighted by atomic mass is 10.1. The first-order valence-electron chi connectivity index (χ1n) is 4.81. The van der Waals surface area contributed by atoms with Gasteiger partial charge in [0, 0.05) is 6.20 Å². The Morgan fingerprint density at radius 1 is 1.36 bits per heavy atom. The molecule has 2 N–H and O–H groups in total. The molecule has 0 bridgehead atoms. The molecule has 0 atom stereocenters. The number of aromatic nitrogens is 3. The van der Waals surface area contributed by atoms with Crippen LogP contribution in [-0.4, -0.2) is 21.1 Å². The number of rotatable bonds is 3. The fourth-order valence-electron chi connectivity index (χ4n) is 1.50. The van der Waals surface area contributed by atoms with Crippen LogP contribution in [0.3, 0.4) is 0 Å². The number of hydrogen-bond acceptors (Lipinski definition) is 3. The molecule has 0 aliphatic heterocycles. The third-order valence-electron chi connectivity index (χ3n) is 2.30. The van der Waals surface area contributed by atoms with Crippen LogP contribution in [0, 0.1) is 6.92 Å². The number of aryl methyl sites for hydroxylation is 2. The summed E-state index contributed by atoms with van der Waals surface area (Å²) in [6.45, 7) is 2.69. The summed E-state index contributed by atoms with van der Waals surface area (Å²) >= 11 is 0. The number of fused-ring (bicyclic) bond motifs is 1. The molecular formula is C10H14N4. The average molecular weight is 190 g/mol. The first kappa shape index (κ1) is 9.15. The Morgan fingerprint density at radius 3 is 3.00 bits per heavy atom. The SMILES string of the molecule is Cc1nnc2ccc(CCCN)cn12. The third kappa shape index (κ3) is 1.61. The summed E-state index contributed by atoms with van der Waals surface area (Å²) < 4.78 is 2.01. The summed E-state index contributed by atoms with van der Waals surface area (Å²) in [5.74, 6) is 0.926. The second-order valence-corrected chi connectivity index (χ2v) is 3.40. The normalized spacial score (nSPS) is 11.0. The van der Waals surface area contributed by atoms with Gasteiger partial charge in [0.05, 0.1) is 0 Å². The molecule has 0 radical (unpaired) electrons. The monoisotopic (exact) mass is 190 g/mol. The van der Waals surface area contributed by atoms with Crippen LogP contribution in [-0.2, 0) is 6.42 Å². The predicted octanol–water partition coefficient (Wildman–Crippen LogP) is 0.929. The standard InChI is InChI=1S/C10H14N4/c1-8-12-13-10-5-4-9(3-2-6-11)7-14(8)10/h4-5,7H,2-3,6,11H2,1H3. The predicted molar refractivity (Wildman–Crippen MR) is 55.1 cm³/mol. The van der Waals surface area contributed by atoms with Crippen molar-refractivity contribution in [1.29, 1.82) is 0 Å². The average Bonchev–Trinajstić information content (AvgIpc) is 2.57. The van der Waals surface area contributed by atoms with Crippen molar-refractivity contribution in [3.8, 4) is 0 Å². The number of nitrogens with two attached hydrogens (primary N) is 1. The van der Waals surface area contributed by atoms with Gasteiger partial charge >= 0.3 is 0 Å². The summed E-state index contributed by atoms with van der Waals surface area (Å²) in [7, 11) is 0. The molecule has 4 nitrogen and oxygen atoms in total. The zero-order chi connectivity index (χ0) is 9.97. The lowest BCUT2D eigenvalue weighted by molar-refractivity contribution is 0.825. The quantitative estimate of drug-likeness (QED) is 0.783. The number of nitrogens with zero attached hydrogens (tertiary/aromatic N) is 3. The zero-order valence-electron chi connectivity index (χ0n) is 8.27. The first-order valence-corrected chi connectivity index (χ1v) is 4.81. The smallest absolute Gasteiger partial charge is 0.160 e. The Balaban J connectivity index is 2.34. The van der Waals surface area contributed by atoms with Crippen LogP contribution in [0.5, 0.6) is 0 Å². The second-order valence-electron chi connectivity index (χ2n) is 3.40. The fraction of sp³-hybridized carbons (Fsp3) is 0.400. The van der Waals surface area contributed by atoms with Crippen LogP contribution >= 0.6 is 0 Å². The molecular weight excluding hydrogens is 176 g/mol. The topological polar surface area (TPSA) is 56.2 Å². The van der Waals surface area contributed by atoms with Gasteiger partial charge < -0.3 is 5.73 Å². The number of pyridine rings is 1. The molecule has 2 aromatic heterocycles. The maximum Gasteiger partial charge on any atom is 0.160 e. The molecule has 2 heterocycles. The molecule has 4 heteroatoms. The van der Waals surface area contributed by atoms with Crippen molar-refractivity contribution in [1.82, 2.24) is 14.6 Å². The Morgan fingerprint density at radius 2 is 2.21 bits per heavy atom. The summed E-state index contributed by atoms with van der Waals surface area (Å²) in [5.41, 5.74) is 7.65. The van der Waals surface area contributed by atoms with E-state index < -0.39 is 0 Å². The second kappa shape index (κ2) is 3.75. The van der Waals surface area contributed by atoms with Gasteiger partial charge in [-0.3, -0.25) is 4.40 Å². The van der Waals surface area contributed by atoms with Crippen LogP contribution in [0.1, 0.15) is 17.8 Å². The molecule has 2 rings (SSSR count). The molecule has 2 aromatic rings. The van der Waals surface area contributed by atoms with E-state index in [1.165, 1.54) is 5.56 Å². The third-order valence-corrected chi connectivity index (χ3v) is 2.30. The molecule has 0 unspecified atom stereocenters. The molecule has 0 amide bonds. The highest BCUT2D eigenvalue weighted by atomic mass is 15.2. The van der Waals surface area contributed by atoms with Crippen LogP contribution in [0.4, 0.5) is 0 Å². The molecule has 0 fully saturated rings. The van der Waals surface area contributed by atoms with Gasteiger partial charge in [-0.25, -0.2) is 0 Å². The van der Waals surface area contributed by atoms with Crippen molar-refractivity contribution in [2.24, 2.45) is 5.73 Å². The largest absolute Gasteiger partial charge is 0.330 e. The first-order chi connectivity index (χ1) is 6.81. The molecule has 14 heavy (non-hydrogen) atoms. The molecule has 0 saturated carbocycles. The van der Waals surface area contributed by atoms with Crippen LogP contribution in [0.15, 0.2) is 18.3 Å². The van der Waals surface area contributed by atoms with Gasteiger partial charge in [0.25, 0.3) is 0 Å². The lowest BCUT2D eigenvalue weighted by Crippen LogP contribution is -2.01. The van der Waals surface area contributed by atoms with Gasteiger partial charge in [-0.2, -0.15) is 0 Å². The molecule has 0 aliphatic rings.